The first kappa shape index (κ1) is 21.3. The van der Waals surface area contributed by atoms with Gasteiger partial charge in [0.15, 0.2) is 0 Å². The lowest BCUT2D eigenvalue weighted by molar-refractivity contribution is -0.120. The van der Waals surface area contributed by atoms with Crippen molar-refractivity contribution in [3.63, 3.8) is 0 Å². The molecule has 0 radical (unpaired) electrons. The largest absolute Gasteiger partial charge is 0.462 e. The van der Waals surface area contributed by atoms with Crippen LogP contribution < -0.4 is 5.32 Å². The predicted molar refractivity (Wildman–Crippen MR) is 121 cm³/mol. The standard InChI is InChI=1S/C26H24N2O4/c1-2-32-26(31)21-14-8-9-15-22(21)27-24(29)23(16-18-10-4-3-5-11-18)28-17-19-12-6-7-13-20(19)25(28)30/h3-15,23H,2,16-17H2,1H3,(H,27,29)/t23-/m1/s1. The summed E-state index contributed by atoms with van der Waals surface area (Å²) < 4.78 is 5.11. The van der Waals surface area contributed by atoms with E-state index in [4.69, 9.17) is 4.74 Å². The molecule has 0 bridgehead atoms. The molecule has 1 atom stereocenters. The van der Waals surface area contributed by atoms with Crippen molar-refractivity contribution in [2.45, 2.75) is 25.9 Å². The topological polar surface area (TPSA) is 75.7 Å². The molecule has 1 heterocycles. The van der Waals surface area contributed by atoms with E-state index in [0.717, 1.165) is 11.1 Å². The number of hydrogen-bond acceptors (Lipinski definition) is 4. The number of esters is 1. The Morgan fingerprint density at radius 2 is 1.66 bits per heavy atom. The molecule has 0 unspecified atom stereocenters. The number of hydrogen-bond donors (Lipinski definition) is 1. The molecule has 0 fully saturated rings. The number of rotatable bonds is 7. The van der Waals surface area contributed by atoms with Crippen LogP contribution in [-0.4, -0.2) is 35.3 Å². The number of anilines is 1. The third-order valence-corrected chi connectivity index (χ3v) is 5.48. The van der Waals surface area contributed by atoms with Crippen molar-refractivity contribution in [2.24, 2.45) is 0 Å². The molecule has 0 saturated carbocycles. The van der Waals surface area contributed by atoms with Crippen LogP contribution in [0.5, 0.6) is 0 Å². The SMILES string of the molecule is CCOC(=O)c1ccccc1NC(=O)[C@@H](Cc1ccccc1)N1Cc2ccccc2C1=O. The van der Waals surface area contributed by atoms with Crippen LogP contribution in [0, 0.1) is 0 Å². The average molecular weight is 428 g/mol. The van der Waals surface area contributed by atoms with E-state index in [9.17, 15) is 14.4 Å². The number of benzene rings is 3. The normalized spacial score (nSPS) is 13.4. The van der Waals surface area contributed by atoms with E-state index < -0.39 is 12.0 Å². The Kier molecular flexibility index (Phi) is 6.31. The molecule has 6 heteroatoms. The molecule has 6 nitrogen and oxygen atoms in total. The van der Waals surface area contributed by atoms with Gasteiger partial charge in [-0.1, -0.05) is 60.7 Å². The first-order valence-corrected chi connectivity index (χ1v) is 10.6. The van der Waals surface area contributed by atoms with Crippen LogP contribution in [-0.2, 0) is 22.5 Å². The van der Waals surface area contributed by atoms with Gasteiger partial charge in [-0.2, -0.15) is 0 Å². The Morgan fingerprint density at radius 3 is 2.41 bits per heavy atom. The van der Waals surface area contributed by atoms with Gasteiger partial charge in [-0.05, 0) is 36.2 Å². The lowest BCUT2D eigenvalue weighted by Gasteiger charge is -2.27. The van der Waals surface area contributed by atoms with Crippen LogP contribution in [0.1, 0.15) is 38.8 Å². The fourth-order valence-corrected chi connectivity index (χ4v) is 3.91. The van der Waals surface area contributed by atoms with Crippen LogP contribution in [0.15, 0.2) is 78.9 Å². The summed E-state index contributed by atoms with van der Waals surface area (Å²) in [6.07, 6.45) is 0.355. The Bertz CT molecular complexity index is 1140. The van der Waals surface area contributed by atoms with Crippen LogP contribution in [0.3, 0.4) is 0 Å². The highest BCUT2D eigenvalue weighted by atomic mass is 16.5. The smallest absolute Gasteiger partial charge is 0.340 e. The first-order chi connectivity index (χ1) is 15.6. The maximum absolute atomic E-state index is 13.5. The molecule has 0 spiro atoms. The molecule has 162 valence electrons. The molecule has 4 rings (SSSR count). The molecule has 2 amide bonds. The summed E-state index contributed by atoms with van der Waals surface area (Å²) in [4.78, 5) is 40.5. The van der Waals surface area contributed by atoms with Crippen molar-refractivity contribution in [1.29, 1.82) is 0 Å². The quantitative estimate of drug-likeness (QED) is 0.576. The van der Waals surface area contributed by atoms with E-state index in [1.165, 1.54) is 0 Å². The first-order valence-electron chi connectivity index (χ1n) is 10.6. The third-order valence-electron chi connectivity index (χ3n) is 5.48. The summed E-state index contributed by atoms with van der Waals surface area (Å²) >= 11 is 0. The molecule has 0 aromatic heterocycles. The average Bonchev–Trinajstić information content (AvgIpc) is 3.15. The summed E-state index contributed by atoms with van der Waals surface area (Å²) in [5.74, 6) is -1.03. The van der Waals surface area contributed by atoms with Gasteiger partial charge in [0, 0.05) is 18.5 Å². The zero-order chi connectivity index (χ0) is 22.5. The van der Waals surface area contributed by atoms with Gasteiger partial charge in [0.2, 0.25) is 5.91 Å². The summed E-state index contributed by atoms with van der Waals surface area (Å²) in [7, 11) is 0. The van der Waals surface area contributed by atoms with Crippen LogP contribution in [0.25, 0.3) is 0 Å². The van der Waals surface area contributed by atoms with Crippen LogP contribution in [0.2, 0.25) is 0 Å². The van der Waals surface area contributed by atoms with Gasteiger partial charge >= 0.3 is 5.97 Å². The third kappa shape index (κ3) is 4.39. The van der Waals surface area contributed by atoms with Crippen LogP contribution in [0.4, 0.5) is 5.69 Å². The maximum atomic E-state index is 13.5. The van der Waals surface area contributed by atoms with Crippen molar-refractivity contribution in [3.05, 3.63) is 101 Å². The number of carbonyl (C=O) groups is 3. The van der Waals surface area contributed by atoms with Crippen molar-refractivity contribution in [1.82, 2.24) is 4.90 Å². The zero-order valence-electron chi connectivity index (χ0n) is 17.8. The molecule has 0 saturated heterocycles. The van der Waals surface area contributed by atoms with Crippen molar-refractivity contribution in [2.75, 3.05) is 11.9 Å². The number of nitrogens with one attached hydrogen (secondary N) is 1. The van der Waals surface area contributed by atoms with Gasteiger partial charge in [0.05, 0.1) is 17.9 Å². The zero-order valence-corrected chi connectivity index (χ0v) is 17.8. The van der Waals surface area contributed by atoms with Crippen LogP contribution >= 0.6 is 0 Å². The fraction of sp³-hybridized carbons (Fsp3) is 0.192. The second-order valence-electron chi connectivity index (χ2n) is 7.55. The molecule has 1 aliphatic heterocycles. The summed E-state index contributed by atoms with van der Waals surface area (Å²) in [6, 6.07) is 22.9. The minimum Gasteiger partial charge on any atom is -0.462 e. The number of nitrogens with zero attached hydrogens (tertiary/aromatic N) is 1. The van der Waals surface area contributed by atoms with Crippen molar-refractivity contribution >= 4 is 23.5 Å². The van der Waals surface area contributed by atoms with Gasteiger partial charge in [0.1, 0.15) is 6.04 Å². The van der Waals surface area contributed by atoms with E-state index >= 15 is 0 Å². The number of fused-ring (bicyclic) bond motifs is 1. The van der Waals surface area contributed by atoms with E-state index in [0.29, 0.717) is 24.2 Å². The molecule has 3 aromatic carbocycles. The predicted octanol–water partition coefficient (Wildman–Crippen LogP) is 4.07. The summed E-state index contributed by atoms with van der Waals surface area (Å²) in [6.45, 7) is 2.32. The monoisotopic (exact) mass is 428 g/mol. The Balaban J connectivity index is 1.63. The molecule has 32 heavy (non-hydrogen) atoms. The Labute approximate surface area is 186 Å². The van der Waals surface area contributed by atoms with E-state index in [2.05, 4.69) is 5.32 Å². The van der Waals surface area contributed by atoms with E-state index in [1.807, 2.05) is 48.5 Å². The summed E-state index contributed by atoms with van der Waals surface area (Å²) in [5, 5.41) is 2.86. The van der Waals surface area contributed by atoms with Gasteiger partial charge in [-0.3, -0.25) is 9.59 Å². The second-order valence-corrected chi connectivity index (χ2v) is 7.55. The minimum atomic E-state index is -0.743. The van der Waals surface area contributed by atoms with Gasteiger partial charge in [-0.25, -0.2) is 4.79 Å². The Morgan fingerprint density at radius 1 is 0.969 bits per heavy atom. The fourth-order valence-electron chi connectivity index (χ4n) is 3.91. The molecule has 0 aliphatic carbocycles. The number of ether oxygens (including phenoxy) is 1. The van der Waals surface area contributed by atoms with E-state index in [-0.39, 0.29) is 24.0 Å². The van der Waals surface area contributed by atoms with Crippen molar-refractivity contribution < 1.29 is 19.1 Å². The van der Waals surface area contributed by atoms with Crippen molar-refractivity contribution in [3.8, 4) is 0 Å². The van der Waals surface area contributed by atoms with Gasteiger partial charge < -0.3 is 15.0 Å². The highest BCUT2D eigenvalue weighted by Gasteiger charge is 2.36. The molecule has 3 aromatic rings. The van der Waals surface area contributed by atoms with E-state index in [1.54, 1.807) is 42.2 Å². The van der Waals surface area contributed by atoms with Gasteiger partial charge in [0.25, 0.3) is 5.91 Å². The lowest BCUT2D eigenvalue weighted by Crippen LogP contribution is -2.45. The highest BCUT2D eigenvalue weighted by molar-refractivity contribution is 6.06. The highest BCUT2D eigenvalue weighted by Crippen LogP contribution is 2.27. The lowest BCUT2D eigenvalue weighted by atomic mass is 10.0. The Hall–Kier alpha value is -3.93. The molecular formula is C26H24N2O4. The second kappa shape index (κ2) is 9.47. The number of amides is 2. The number of carbonyl (C=O) groups excluding carboxylic acids is 3. The molecule has 1 aliphatic rings. The minimum absolute atomic E-state index is 0.171. The maximum Gasteiger partial charge on any atom is 0.340 e. The molecular weight excluding hydrogens is 404 g/mol. The molecule has 1 N–H and O–H groups in total. The summed E-state index contributed by atoms with van der Waals surface area (Å²) in [5.41, 5.74) is 3.09. The number of para-hydroxylation sites is 1. The van der Waals surface area contributed by atoms with Gasteiger partial charge in [-0.15, -0.1) is 0 Å².